The molecule has 16 heavy (non-hydrogen) atoms. The van der Waals surface area contributed by atoms with Gasteiger partial charge in [-0.15, -0.1) is 0 Å². The second kappa shape index (κ2) is 4.06. The van der Waals surface area contributed by atoms with Gasteiger partial charge < -0.3 is 0 Å². The Bertz CT molecular complexity index is 531. The topological polar surface area (TPSA) is 34.9 Å². The molecule has 0 saturated heterocycles. The van der Waals surface area contributed by atoms with Crippen LogP contribution in [0.4, 0.5) is 4.39 Å². The summed E-state index contributed by atoms with van der Waals surface area (Å²) >= 11 is 5.86. The van der Waals surface area contributed by atoms with Gasteiger partial charge in [-0.05, 0) is 25.1 Å². The van der Waals surface area contributed by atoms with Crippen molar-refractivity contribution in [2.45, 2.75) is 6.92 Å². The summed E-state index contributed by atoms with van der Waals surface area (Å²) < 4.78 is 14.4. The standard InChI is InChI=1S/C11H8ClFN2O/c1-7-10(12)5-15(14-7)11-3-2-9(13)4-8(11)6-16/h2-6H,1H3. The van der Waals surface area contributed by atoms with Gasteiger partial charge in [0.15, 0.2) is 6.29 Å². The van der Waals surface area contributed by atoms with Crippen molar-refractivity contribution in [2.75, 3.05) is 0 Å². The molecule has 0 unspecified atom stereocenters. The molecule has 2 rings (SSSR count). The summed E-state index contributed by atoms with van der Waals surface area (Å²) in [4.78, 5) is 10.8. The van der Waals surface area contributed by atoms with Crippen molar-refractivity contribution in [3.63, 3.8) is 0 Å². The molecule has 0 bridgehead atoms. The first kappa shape index (κ1) is 10.8. The molecule has 0 aliphatic carbocycles. The Balaban J connectivity index is 2.59. The molecule has 0 saturated carbocycles. The second-order valence-electron chi connectivity index (χ2n) is 3.33. The Kier molecular flexibility index (Phi) is 2.75. The van der Waals surface area contributed by atoms with Crippen LogP contribution in [0.2, 0.25) is 5.02 Å². The molecule has 1 heterocycles. The third-order valence-electron chi connectivity index (χ3n) is 2.20. The van der Waals surface area contributed by atoms with Crippen molar-refractivity contribution >= 4 is 17.9 Å². The van der Waals surface area contributed by atoms with Crippen molar-refractivity contribution in [3.05, 3.63) is 46.5 Å². The minimum absolute atomic E-state index is 0.235. The van der Waals surface area contributed by atoms with Gasteiger partial charge in [-0.25, -0.2) is 9.07 Å². The van der Waals surface area contributed by atoms with Crippen LogP contribution in [0.3, 0.4) is 0 Å². The van der Waals surface area contributed by atoms with Gasteiger partial charge in [-0.2, -0.15) is 5.10 Å². The molecule has 82 valence electrons. The molecule has 0 aliphatic rings. The van der Waals surface area contributed by atoms with Gasteiger partial charge in [-0.1, -0.05) is 11.6 Å². The van der Waals surface area contributed by atoms with Crippen molar-refractivity contribution in [1.82, 2.24) is 9.78 Å². The van der Waals surface area contributed by atoms with E-state index in [9.17, 15) is 9.18 Å². The van der Waals surface area contributed by atoms with Crippen LogP contribution in [-0.2, 0) is 0 Å². The molecule has 1 aromatic carbocycles. The van der Waals surface area contributed by atoms with E-state index in [1.54, 1.807) is 13.1 Å². The maximum absolute atomic E-state index is 12.9. The lowest BCUT2D eigenvalue weighted by Crippen LogP contribution is -2.00. The number of aldehydes is 1. The van der Waals surface area contributed by atoms with Gasteiger partial charge in [0.2, 0.25) is 0 Å². The number of aromatic nitrogens is 2. The quantitative estimate of drug-likeness (QED) is 0.754. The fourth-order valence-electron chi connectivity index (χ4n) is 1.39. The highest BCUT2D eigenvalue weighted by Gasteiger charge is 2.08. The second-order valence-corrected chi connectivity index (χ2v) is 3.74. The summed E-state index contributed by atoms with van der Waals surface area (Å²) in [7, 11) is 0. The molecule has 2 aromatic rings. The third-order valence-corrected chi connectivity index (χ3v) is 2.57. The zero-order valence-electron chi connectivity index (χ0n) is 8.45. The van der Waals surface area contributed by atoms with E-state index in [-0.39, 0.29) is 5.56 Å². The smallest absolute Gasteiger partial charge is 0.152 e. The largest absolute Gasteiger partial charge is 0.298 e. The summed E-state index contributed by atoms with van der Waals surface area (Å²) in [6.07, 6.45) is 2.17. The number of carbonyl (C=O) groups is 1. The van der Waals surface area contributed by atoms with Crippen molar-refractivity contribution < 1.29 is 9.18 Å². The highest BCUT2D eigenvalue weighted by Crippen LogP contribution is 2.19. The highest BCUT2D eigenvalue weighted by atomic mass is 35.5. The average Bonchev–Trinajstić information content (AvgIpc) is 2.59. The number of aryl methyl sites for hydroxylation is 1. The molecule has 5 heteroatoms. The van der Waals surface area contributed by atoms with E-state index in [4.69, 9.17) is 11.6 Å². The SMILES string of the molecule is Cc1nn(-c2ccc(F)cc2C=O)cc1Cl. The zero-order chi connectivity index (χ0) is 11.7. The van der Waals surface area contributed by atoms with E-state index in [0.29, 0.717) is 22.7 Å². The van der Waals surface area contributed by atoms with Gasteiger partial charge >= 0.3 is 0 Å². The number of hydrogen-bond acceptors (Lipinski definition) is 2. The zero-order valence-corrected chi connectivity index (χ0v) is 9.20. The van der Waals surface area contributed by atoms with Crippen LogP contribution in [0.5, 0.6) is 0 Å². The molecule has 0 fully saturated rings. The Morgan fingerprint density at radius 2 is 2.25 bits per heavy atom. The first-order chi connectivity index (χ1) is 7.61. The fourth-order valence-corrected chi connectivity index (χ4v) is 1.52. The van der Waals surface area contributed by atoms with Gasteiger partial charge in [-0.3, -0.25) is 4.79 Å². The first-order valence-corrected chi connectivity index (χ1v) is 4.96. The Morgan fingerprint density at radius 3 is 2.81 bits per heavy atom. The van der Waals surface area contributed by atoms with E-state index in [1.165, 1.54) is 16.8 Å². The lowest BCUT2D eigenvalue weighted by molar-refractivity contribution is 0.112. The van der Waals surface area contributed by atoms with E-state index >= 15 is 0 Å². The van der Waals surface area contributed by atoms with Gasteiger partial charge in [0, 0.05) is 11.8 Å². The number of carbonyl (C=O) groups excluding carboxylic acids is 1. The average molecular weight is 239 g/mol. The Labute approximate surface area is 96.5 Å². The molecular weight excluding hydrogens is 231 g/mol. The van der Waals surface area contributed by atoms with Crippen molar-refractivity contribution in [3.8, 4) is 5.69 Å². The number of halogens is 2. The monoisotopic (exact) mass is 238 g/mol. The normalized spacial score (nSPS) is 10.4. The number of benzene rings is 1. The van der Waals surface area contributed by atoms with Crippen LogP contribution in [0.1, 0.15) is 16.1 Å². The molecule has 3 nitrogen and oxygen atoms in total. The number of rotatable bonds is 2. The Hall–Kier alpha value is -1.68. The van der Waals surface area contributed by atoms with E-state index in [1.807, 2.05) is 0 Å². The molecule has 0 atom stereocenters. The van der Waals surface area contributed by atoms with Crippen molar-refractivity contribution in [2.24, 2.45) is 0 Å². The molecule has 0 spiro atoms. The summed E-state index contributed by atoms with van der Waals surface area (Å²) in [5, 5.41) is 4.62. The van der Waals surface area contributed by atoms with Crippen LogP contribution in [-0.4, -0.2) is 16.1 Å². The molecule has 0 aliphatic heterocycles. The first-order valence-electron chi connectivity index (χ1n) is 4.58. The number of nitrogens with zero attached hydrogens (tertiary/aromatic N) is 2. The highest BCUT2D eigenvalue weighted by molar-refractivity contribution is 6.31. The lowest BCUT2D eigenvalue weighted by atomic mass is 10.2. The third kappa shape index (κ3) is 1.84. The lowest BCUT2D eigenvalue weighted by Gasteiger charge is -2.04. The van der Waals surface area contributed by atoms with Crippen LogP contribution >= 0.6 is 11.6 Å². The minimum Gasteiger partial charge on any atom is -0.298 e. The van der Waals surface area contributed by atoms with E-state index in [0.717, 1.165) is 6.07 Å². The minimum atomic E-state index is -0.458. The molecule has 0 radical (unpaired) electrons. The predicted octanol–water partition coefficient (Wildman–Crippen LogP) is 2.79. The summed E-state index contributed by atoms with van der Waals surface area (Å²) in [5.74, 6) is -0.458. The summed E-state index contributed by atoms with van der Waals surface area (Å²) in [5.41, 5.74) is 1.40. The molecular formula is C11H8ClFN2O. The van der Waals surface area contributed by atoms with Crippen molar-refractivity contribution in [1.29, 1.82) is 0 Å². The summed E-state index contributed by atoms with van der Waals surface area (Å²) in [6.45, 7) is 1.75. The van der Waals surface area contributed by atoms with Gasteiger partial charge in [0.05, 0.1) is 16.4 Å². The maximum Gasteiger partial charge on any atom is 0.152 e. The van der Waals surface area contributed by atoms with Gasteiger partial charge in [0.1, 0.15) is 5.82 Å². The molecule has 0 N–H and O–H groups in total. The van der Waals surface area contributed by atoms with E-state index in [2.05, 4.69) is 5.10 Å². The van der Waals surface area contributed by atoms with Crippen LogP contribution < -0.4 is 0 Å². The van der Waals surface area contributed by atoms with Crippen LogP contribution in [0, 0.1) is 12.7 Å². The van der Waals surface area contributed by atoms with Gasteiger partial charge in [0.25, 0.3) is 0 Å². The Morgan fingerprint density at radius 1 is 1.50 bits per heavy atom. The molecule has 1 aromatic heterocycles. The fraction of sp³-hybridized carbons (Fsp3) is 0.0909. The predicted molar refractivity (Wildman–Crippen MR) is 58.7 cm³/mol. The van der Waals surface area contributed by atoms with E-state index < -0.39 is 5.82 Å². The summed E-state index contributed by atoms with van der Waals surface area (Å²) in [6, 6.07) is 3.92. The molecule has 0 amide bonds. The number of hydrogen-bond donors (Lipinski definition) is 0. The maximum atomic E-state index is 12.9. The van der Waals surface area contributed by atoms with Crippen LogP contribution in [0.15, 0.2) is 24.4 Å². The van der Waals surface area contributed by atoms with Crippen LogP contribution in [0.25, 0.3) is 5.69 Å².